The summed E-state index contributed by atoms with van der Waals surface area (Å²) in [6.45, 7) is -0.633. The summed E-state index contributed by atoms with van der Waals surface area (Å²) >= 11 is 3.41. The van der Waals surface area contributed by atoms with Gasteiger partial charge in [-0.05, 0) is 29.3 Å². The first-order valence-electron chi connectivity index (χ1n) is 11.5. The molecule has 1 N–H and O–H groups in total. The number of rotatable bonds is 11. The smallest absolute Gasteiger partial charge is 0.271 e. The Hall–Kier alpha value is -3.77. The number of hydrogen-bond acceptors (Lipinski definition) is 6. The highest BCUT2D eigenvalue weighted by Gasteiger charge is 2.33. The molecule has 0 radical (unpaired) electrons. The predicted octanol–water partition coefficient (Wildman–Crippen LogP) is 3.51. The van der Waals surface area contributed by atoms with Gasteiger partial charge in [0, 0.05) is 36.6 Å². The van der Waals surface area contributed by atoms with E-state index in [2.05, 4.69) is 21.2 Å². The number of carbonyl (C=O) groups excluding carboxylic acids is 2. The van der Waals surface area contributed by atoms with Gasteiger partial charge < -0.3 is 10.2 Å². The molecule has 38 heavy (non-hydrogen) atoms. The summed E-state index contributed by atoms with van der Waals surface area (Å²) in [7, 11) is -2.56. The highest BCUT2D eigenvalue weighted by molar-refractivity contribution is 9.10. The standard InChI is InChI=1S/C26H27BrN4O6S/c1-28-26(33)24(15-19-8-4-3-5-9-19)29(17-20-10-6-11-21(27)14-20)25(32)18-30(38(2,36)37)22-12-7-13-23(16-22)31(34)35/h3-14,16,24H,15,17-18H2,1-2H3,(H,28,33). The van der Waals surface area contributed by atoms with Gasteiger partial charge in [-0.25, -0.2) is 8.42 Å². The summed E-state index contributed by atoms with van der Waals surface area (Å²) in [5, 5.41) is 13.9. The number of nitrogens with one attached hydrogen (secondary N) is 1. The topological polar surface area (TPSA) is 130 Å². The van der Waals surface area contributed by atoms with Crippen LogP contribution in [0.5, 0.6) is 0 Å². The summed E-state index contributed by atoms with van der Waals surface area (Å²) in [6.07, 6.45) is 1.11. The molecule has 0 aromatic heterocycles. The van der Waals surface area contributed by atoms with Crippen molar-refractivity contribution < 1.29 is 22.9 Å². The van der Waals surface area contributed by atoms with Crippen molar-refractivity contribution in [3.63, 3.8) is 0 Å². The Morgan fingerprint density at radius 1 is 1.00 bits per heavy atom. The van der Waals surface area contributed by atoms with Crippen molar-refractivity contribution in [2.24, 2.45) is 0 Å². The largest absolute Gasteiger partial charge is 0.357 e. The first-order chi connectivity index (χ1) is 18.0. The molecule has 0 aliphatic heterocycles. The fourth-order valence-corrected chi connectivity index (χ4v) is 5.22. The lowest BCUT2D eigenvalue weighted by Gasteiger charge is -2.33. The number of nitro groups is 1. The van der Waals surface area contributed by atoms with E-state index in [1.54, 1.807) is 18.2 Å². The van der Waals surface area contributed by atoms with Crippen LogP contribution in [-0.2, 0) is 32.6 Å². The molecule has 1 atom stereocenters. The van der Waals surface area contributed by atoms with Crippen LogP contribution < -0.4 is 9.62 Å². The summed E-state index contributed by atoms with van der Waals surface area (Å²) in [5.74, 6) is -1.06. The van der Waals surface area contributed by atoms with Crippen LogP contribution in [0.2, 0.25) is 0 Å². The number of amides is 2. The Kier molecular flexibility index (Phi) is 9.59. The molecule has 0 fully saturated rings. The van der Waals surface area contributed by atoms with E-state index < -0.39 is 39.3 Å². The van der Waals surface area contributed by atoms with Crippen LogP contribution in [0.15, 0.2) is 83.3 Å². The van der Waals surface area contributed by atoms with E-state index in [4.69, 9.17) is 0 Å². The summed E-state index contributed by atoms with van der Waals surface area (Å²) in [4.78, 5) is 38.9. The predicted molar refractivity (Wildman–Crippen MR) is 148 cm³/mol. The van der Waals surface area contributed by atoms with Gasteiger partial charge in [-0.2, -0.15) is 0 Å². The molecule has 3 aromatic carbocycles. The molecule has 3 aromatic rings. The number of non-ortho nitro benzene ring substituents is 1. The third-order valence-corrected chi connectivity index (χ3v) is 7.40. The minimum Gasteiger partial charge on any atom is -0.357 e. The number of nitrogens with zero attached hydrogens (tertiary/aromatic N) is 3. The normalized spacial score (nSPS) is 11.9. The molecule has 1 unspecified atom stereocenters. The molecular formula is C26H27BrN4O6S. The number of anilines is 1. The van der Waals surface area contributed by atoms with Crippen molar-refractivity contribution in [2.75, 3.05) is 24.2 Å². The van der Waals surface area contributed by atoms with Gasteiger partial charge in [0.25, 0.3) is 5.69 Å². The van der Waals surface area contributed by atoms with Crippen LogP contribution in [0.1, 0.15) is 11.1 Å². The van der Waals surface area contributed by atoms with Crippen LogP contribution in [0.4, 0.5) is 11.4 Å². The molecule has 0 saturated heterocycles. The summed E-state index contributed by atoms with van der Waals surface area (Å²) in [5.41, 5.74) is 1.18. The van der Waals surface area contributed by atoms with E-state index in [9.17, 15) is 28.1 Å². The molecule has 0 heterocycles. The molecule has 0 saturated carbocycles. The van der Waals surface area contributed by atoms with Crippen molar-refractivity contribution in [2.45, 2.75) is 19.0 Å². The Labute approximate surface area is 229 Å². The van der Waals surface area contributed by atoms with Gasteiger partial charge in [-0.15, -0.1) is 0 Å². The second-order valence-corrected chi connectivity index (χ2v) is 11.3. The lowest BCUT2D eigenvalue weighted by molar-refractivity contribution is -0.384. The maximum atomic E-state index is 13.8. The molecular weight excluding hydrogens is 576 g/mol. The van der Waals surface area contributed by atoms with Gasteiger partial charge in [0.15, 0.2) is 0 Å². The maximum absolute atomic E-state index is 13.8. The van der Waals surface area contributed by atoms with Crippen molar-refractivity contribution in [3.05, 3.63) is 105 Å². The average molecular weight is 603 g/mol. The minimum atomic E-state index is -4.02. The quantitative estimate of drug-likeness (QED) is 0.264. The van der Waals surface area contributed by atoms with Crippen molar-refractivity contribution in [1.29, 1.82) is 0 Å². The number of sulfonamides is 1. The zero-order valence-electron chi connectivity index (χ0n) is 20.8. The molecule has 0 aliphatic carbocycles. The molecule has 0 spiro atoms. The number of carbonyl (C=O) groups is 2. The summed E-state index contributed by atoms with van der Waals surface area (Å²) < 4.78 is 27.0. The zero-order valence-corrected chi connectivity index (χ0v) is 23.2. The lowest BCUT2D eigenvalue weighted by Crippen LogP contribution is -2.52. The van der Waals surface area contributed by atoms with Crippen molar-refractivity contribution in [3.8, 4) is 0 Å². The molecule has 3 rings (SSSR count). The third-order valence-electron chi connectivity index (χ3n) is 5.77. The number of hydrogen-bond donors (Lipinski definition) is 1. The van der Waals surface area contributed by atoms with E-state index in [-0.39, 0.29) is 24.3 Å². The van der Waals surface area contributed by atoms with E-state index in [1.807, 2.05) is 36.4 Å². The van der Waals surface area contributed by atoms with Gasteiger partial charge in [0.2, 0.25) is 21.8 Å². The maximum Gasteiger partial charge on any atom is 0.271 e. The highest BCUT2D eigenvalue weighted by Crippen LogP contribution is 2.24. The minimum absolute atomic E-state index is 0.0235. The number of likely N-dealkylation sites (N-methyl/N-ethyl adjacent to an activating group) is 1. The first-order valence-corrected chi connectivity index (χ1v) is 14.2. The first kappa shape index (κ1) is 28.8. The van der Waals surface area contributed by atoms with Gasteiger partial charge in [0.1, 0.15) is 12.6 Å². The lowest BCUT2D eigenvalue weighted by atomic mass is 10.0. The fourth-order valence-electron chi connectivity index (χ4n) is 3.93. The Balaban J connectivity index is 2.04. The molecule has 0 bridgehead atoms. The Morgan fingerprint density at radius 3 is 2.26 bits per heavy atom. The van der Waals surface area contributed by atoms with Crippen LogP contribution in [0.3, 0.4) is 0 Å². The van der Waals surface area contributed by atoms with Crippen LogP contribution >= 0.6 is 15.9 Å². The molecule has 10 nitrogen and oxygen atoms in total. The van der Waals surface area contributed by atoms with E-state index in [0.717, 1.165) is 32.2 Å². The van der Waals surface area contributed by atoms with E-state index in [1.165, 1.54) is 30.1 Å². The van der Waals surface area contributed by atoms with E-state index in [0.29, 0.717) is 0 Å². The molecule has 200 valence electrons. The van der Waals surface area contributed by atoms with Gasteiger partial charge in [0.05, 0.1) is 16.9 Å². The van der Waals surface area contributed by atoms with Crippen molar-refractivity contribution >= 4 is 49.1 Å². The van der Waals surface area contributed by atoms with Gasteiger partial charge >= 0.3 is 0 Å². The molecule has 0 aliphatic rings. The number of nitro benzene ring substituents is 1. The average Bonchev–Trinajstić information content (AvgIpc) is 2.88. The van der Waals surface area contributed by atoms with Crippen LogP contribution in [0, 0.1) is 10.1 Å². The third kappa shape index (κ3) is 7.62. The fraction of sp³-hybridized carbons (Fsp3) is 0.231. The van der Waals surface area contributed by atoms with E-state index >= 15 is 0 Å². The monoisotopic (exact) mass is 602 g/mol. The zero-order chi connectivity index (χ0) is 27.9. The van der Waals surface area contributed by atoms with Gasteiger partial charge in [-0.1, -0.05) is 64.5 Å². The summed E-state index contributed by atoms with van der Waals surface area (Å²) in [6, 6.07) is 20.5. The highest BCUT2D eigenvalue weighted by atomic mass is 79.9. The second kappa shape index (κ2) is 12.7. The van der Waals surface area contributed by atoms with Crippen LogP contribution in [-0.4, -0.2) is 55.9 Å². The SMILES string of the molecule is CNC(=O)C(Cc1ccccc1)N(Cc1cccc(Br)c1)C(=O)CN(c1cccc([N+](=O)[O-])c1)S(C)(=O)=O. The number of halogens is 1. The van der Waals surface area contributed by atoms with Crippen LogP contribution in [0.25, 0.3) is 0 Å². The Bertz CT molecular complexity index is 1420. The molecule has 2 amide bonds. The second-order valence-electron chi connectivity index (χ2n) is 8.52. The number of benzene rings is 3. The molecule has 12 heteroatoms. The van der Waals surface area contributed by atoms with Gasteiger partial charge in [-0.3, -0.25) is 24.0 Å². The Morgan fingerprint density at radius 2 is 1.66 bits per heavy atom. The van der Waals surface area contributed by atoms with Crippen molar-refractivity contribution in [1.82, 2.24) is 10.2 Å².